The molecule has 1 aliphatic rings. The molecule has 3 aromatic carbocycles. The molecule has 1 saturated heterocycles. The van der Waals surface area contributed by atoms with E-state index in [2.05, 4.69) is 28.1 Å². The van der Waals surface area contributed by atoms with E-state index in [4.69, 9.17) is 13.9 Å². The molecule has 0 bridgehead atoms. The maximum atomic E-state index is 13.2. The van der Waals surface area contributed by atoms with Crippen LogP contribution in [0.3, 0.4) is 0 Å². The molecule has 7 heteroatoms. The second-order valence-electron chi connectivity index (χ2n) is 10.9. The number of anilines is 1. The van der Waals surface area contributed by atoms with Crippen LogP contribution in [0.25, 0.3) is 22.1 Å². The van der Waals surface area contributed by atoms with Crippen LogP contribution in [0.15, 0.2) is 95.5 Å². The van der Waals surface area contributed by atoms with Crippen molar-refractivity contribution in [3.05, 3.63) is 119 Å². The summed E-state index contributed by atoms with van der Waals surface area (Å²) in [4.78, 5) is 31.9. The summed E-state index contributed by atoms with van der Waals surface area (Å²) in [6, 6.07) is 27.6. The fraction of sp³-hybridized carbons (Fsp3) is 0.250. The predicted molar refractivity (Wildman–Crippen MR) is 166 cm³/mol. The number of hydrogen-bond acceptors (Lipinski definition) is 7. The van der Waals surface area contributed by atoms with E-state index < -0.39 is 0 Å². The van der Waals surface area contributed by atoms with Gasteiger partial charge in [-0.3, -0.25) is 4.79 Å². The van der Waals surface area contributed by atoms with Gasteiger partial charge in [0.1, 0.15) is 11.4 Å². The number of aryl methyl sites for hydroxylation is 1. The highest BCUT2D eigenvalue weighted by Crippen LogP contribution is 2.31. The average molecular weight is 575 g/mol. The van der Waals surface area contributed by atoms with Crippen molar-refractivity contribution in [1.29, 1.82) is 0 Å². The second-order valence-corrected chi connectivity index (χ2v) is 10.9. The summed E-state index contributed by atoms with van der Waals surface area (Å²) in [7, 11) is 1.38. The van der Waals surface area contributed by atoms with Crippen molar-refractivity contribution >= 4 is 28.5 Å². The van der Waals surface area contributed by atoms with Crippen LogP contribution in [0, 0.1) is 6.92 Å². The molecule has 5 aromatic rings. The molecule has 0 radical (unpaired) electrons. The number of furan rings is 1. The number of Topliss-reactive ketones (excluding diaryl/α,β-unsaturated/α-hetero) is 1. The summed E-state index contributed by atoms with van der Waals surface area (Å²) in [6.07, 6.45) is 3.93. The van der Waals surface area contributed by atoms with Gasteiger partial charge in [-0.25, -0.2) is 9.78 Å². The second kappa shape index (κ2) is 12.6. The van der Waals surface area contributed by atoms with Gasteiger partial charge in [0.05, 0.1) is 25.4 Å². The van der Waals surface area contributed by atoms with E-state index >= 15 is 0 Å². The summed E-state index contributed by atoms with van der Waals surface area (Å²) >= 11 is 0. The normalized spacial score (nSPS) is 13.8. The molecule has 2 aromatic heterocycles. The number of carbonyl (C=O) groups excluding carboxylic acids is 2. The molecule has 218 valence electrons. The first kappa shape index (κ1) is 28.4. The maximum Gasteiger partial charge on any atom is 0.337 e. The SMILES string of the molecule is COC(=O)c1cccc(COC2CCN(c3ccc(CC(=O)c4oc5ccc(-c6ccccc6)cc5c4C)cn3)CC2)c1. The lowest BCUT2D eigenvalue weighted by atomic mass is 10.0. The molecule has 0 saturated carbocycles. The van der Waals surface area contributed by atoms with Gasteiger partial charge in [0.25, 0.3) is 0 Å². The van der Waals surface area contributed by atoms with E-state index in [1.165, 1.54) is 7.11 Å². The number of hydrogen-bond donors (Lipinski definition) is 0. The molecule has 6 rings (SSSR count). The number of benzene rings is 3. The first-order valence-corrected chi connectivity index (χ1v) is 14.6. The molecular formula is C36H34N2O5. The third-order valence-corrected chi connectivity index (χ3v) is 8.07. The predicted octanol–water partition coefficient (Wildman–Crippen LogP) is 7.20. The number of methoxy groups -OCH3 is 1. The Morgan fingerprint density at radius 2 is 1.72 bits per heavy atom. The lowest BCUT2D eigenvalue weighted by Crippen LogP contribution is -2.37. The topological polar surface area (TPSA) is 81.9 Å². The monoisotopic (exact) mass is 574 g/mol. The van der Waals surface area contributed by atoms with Crippen LogP contribution in [0.4, 0.5) is 5.82 Å². The standard InChI is InChI=1S/C36H34N2O5/c1-24-31-21-28(27-8-4-3-5-9-27)12-13-33(31)43-35(24)32(39)20-25-11-14-34(37-22-25)38-17-15-30(16-18-38)42-23-26-7-6-10-29(19-26)36(40)41-2/h3-14,19,21-22,30H,15-18,20,23H2,1-2H3. The summed E-state index contributed by atoms with van der Waals surface area (Å²) in [5, 5.41) is 0.959. The van der Waals surface area contributed by atoms with Crippen molar-refractivity contribution in [3.8, 4) is 11.1 Å². The first-order chi connectivity index (χ1) is 21.0. The van der Waals surface area contributed by atoms with Gasteiger partial charge in [0.2, 0.25) is 5.78 Å². The van der Waals surface area contributed by atoms with Crippen molar-refractivity contribution in [2.75, 3.05) is 25.1 Å². The van der Waals surface area contributed by atoms with Crippen LogP contribution < -0.4 is 4.90 Å². The molecule has 1 aliphatic heterocycles. The Labute approximate surface area is 251 Å². The number of rotatable bonds is 9. The zero-order valence-corrected chi connectivity index (χ0v) is 24.4. The molecular weight excluding hydrogens is 540 g/mol. The van der Waals surface area contributed by atoms with Gasteiger partial charge in [0.15, 0.2) is 5.76 Å². The fourth-order valence-electron chi connectivity index (χ4n) is 5.64. The molecule has 3 heterocycles. The van der Waals surface area contributed by atoms with Crippen LogP contribution in [0.5, 0.6) is 0 Å². The highest BCUT2D eigenvalue weighted by atomic mass is 16.5. The molecule has 0 aliphatic carbocycles. The highest BCUT2D eigenvalue weighted by Gasteiger charge is 2.22. The summed E-state index contributed by atoms with van der Waals surface area (Å²) in [6.45, 7) is 4.07. The molecule has 0 spiro atoms. The van der Waals surface area contributed by atoms with Crippen molar-refractivity contribution in [1.82, 2.24) is 4.98 Å². The number of nitrogens with zero attached hydrogens (tertiary/aromatic N) is 2. The number of ketones is 1. The summed E-state index contributed by atoms with van der Waals surface area (Å²) in [5.74, 6) is 0.900. The molecule has 0 atom stereocenters. The van der Waals surface area contributed by atoms with Gasteiger partial charge in [-0.1, -0.05) is 54.6 Å². The Morgan fingerprint density at radius 1 is 0.907 bits per heavy atom. The van der Waals surface area contributed by atoms with Crippen molar-refractivity contribution in [3.63, 3.8) is 0 Å². The number of aromatic nitrogens is 1. The molecule has 43 heavy (non-hydrogen) atoms. The van der Waals surface area contributed by atoms with E-state index in [-0.39, 0.29) is 24.3 Å². The van der Waals surface area contributed by atoms with Gasteiger partial charge >= 0.3 is 5.97 Å². The van der Waals surface area contributed by atoms with E-state index in [1.54, 1.807) is 12.3 Å². The van der Waals surface area contributed by atoms with Crippen molar-refractivity contribution in [2.24, 2.45) is 0 Å². The lowest BCUT2D eigenvalue weighted by molar-refractivity contribution is 0.0250. The van der Waals surface area contributed by atoms with E-state index in [1.807, 2.05) is 67.6 Å². The molecule has 0 N–H and O–H groups in total. The van der Waals surface area contributed by atoms with Gasteiger partial charge in [0, 0.05) is 36.7 Å². The minimum Gasteiger partial charge on any atom is -0.465 e. The fourth-order valence-corrected chi connectivity index (χ4v) is 5.64. The third-order valence-electron chi connectivity index (χ3n) is 8.07. The molecule has 1 fully saturated rings. The van der Waals surface area contributed by atoms with Gasteiger partial charge in [-0.15, -0.1) is 0 Å². The van der Waals surface area contributed by atoms with Crippen LogP contribution in [0.1, 0.15) is 50.4 Å². The van der Waals surface area contributed by atoms with Gasteiger partial charge < -0.3 is 18.8 Å². The highest BCUT2D eigenvalue weighted by molar-refractivity contribution is 6.02. The number of fused-ring (bicyclic) bond motifs is 1. The Kier molecular flexibility index (Phi) is 8.34. The Morgan fingerprint density at radius 3 is 2.47 bits per heavy atom. The van der Waals surface area contributed by atoms with Gasteiger partial charge in [-0.05, 0) is 72.4 Å². The largest absolute Gasteiger partial charge is 0.465 e. The van der Waals surface area contributed by atoms with Crippen molar-refractivity contribution < 1.29 is 23.5 Å². The zero-order chi connectivity index (χ0) is 29.8. The first-order valence-electron chi connectivity index (χ1n) is 14.6. The van der Waals surface area contributed by atoms with Crippen LogP contribution in [-0.4, -0.2) is 43.0 Å². The number of pyridine rings is 1. The molecule has 0 unspecified atom stereocenters. The number of ether oxygens (including phenoxy) is 2. The molecule has 7 nitrogen and oxygen atoms in total. The Balaban J connectivity index is 1.03. The zero-order valence-electron chi connectivity index (χ0n) is 24.4. The van der Waals surface area contributed by atoms with E-state index in [9.17, 15) is 9.59 Å². The van der Waals surface area contributed by atoms with Crippen LogP contribution >= 0.6 is 0 Å². The van der Waals surface area contributed by atoms with Crippen LogP contribution in [-0.2, 0) is 22.5 Å². The smallest absolute Gasteiger partial charge is 0.337 e. The summed E-state index contributed by atoms with van der Waals surface area (Å²) < 4.78 is 17.0. The van der Waals surface area contributed by atoms with E-state index in [0.717, 1.165) is 70.5 Å². The Hall–Kier alpha value is -4.75. The van der Waals surface area contributed by atoms with Crippen molar-refractivity contribution in [2.45, 2.75) is 38.9 Å². The Bertz CT molecular complexity index is 1740. The van der Waals surface area contributed by atoms with Gasteiger partial charge in [-0.2, -0.15) is 0 Å². The quantitative estimate of drug-likeness (QED) is 0.136. The number of carbonyl (C=O) groups is 2. The van der Waals surface area contributed by atoms with E-state index in [0.29, 0.717) is 17.9 Å². The third kappa shape index (κ3) is 6.37. The minimum atomic E-state index is -0.347. The van der Waals surface area contributed by atoms with Crippen LogP contribution in [0.2, 0.25) is 0 Å². The summed E-state index contributed by atoms with van der Waals surface area (Å²) in [5.41, 5.74) is 6.14. The average Bonchev–Trinajstić information content (AvgIpc) is 3.40. The molecule has 0 amide bonds. The lowest BCUT2D eigenvalue weighted by Gasteiger charge is -2.32. The minimum absolute atomic E-state index is 0.0559. The maximum absolute atomic E-state index is 13.2. The number of esters is 1. The number of piperidine rings is 1.